The number of rotatable bonds is 11. The Morgan fingerprint density at radius 1 is 0.900 bits per heavy atom. The van der Waals surface area contributed by atoms with Crippen LogP contribution in [0.4, 0.5) is 0 Å². The summed E-state index contributed by atoms with van der Waals surface area (Å²) in [6.45, 7) is 4.12. The minimum atomic E-state index is 0.694. The average molecular weight is 284 g/mol. The summed E-state index contributed by atoms with van der Waals surface area (Å²) in [7, 11) is 3.71. The molecule has 0 N–H and O–H groups in total. The molecule has 1 aliphatic carbocycles. The quantitative estimate of drug-likeness (QED) is 0.494. The van der Waals surface area contributed by atoms with Crippen molar-refractivity contribution in [2.45, 2.75) is 71.1 Å². The van der Waals surface area contributed by atoms with Crippen molar-refractivity contribution in [2.75, 3.05) is 27.4 Å². The molecule has 1 rings (SSSR count). The summed E-state index contributed by atoms with van der Waals surface area (Å²) in [6, 6.07) is 0. The van der Waals surface area contributed by atoms with Gasteiger partial charge in [0.05, 0.1) is 0 Å². The normalized spacial score (nSPS) is 19.9. The van der Waals surface area contributed by atoms with Gasteiger partial charge in [-0.05, 0) is 24.2 Å². The van der Waals surface area contributed by atoms with Gasteiger partial charge in [0.2, 0.25) is 0 Å². The van der Waals surface area contributed by atoms with Crippen LogP contribution in [0.2, 0.25) is 0 Å². The Morgan fingerprint density at radius 2 is 1.60 bits per heavy atom. The largest absolute Gasteiger partial charge is 0.384 e. The molecule has 0 aliphatic heterocycles. The third-order valence-corrected chi connectivity index (χ3v) is 5.03. The topological polar surface area (TPSA) is 18.5 Å². The first-order chi connectivity index (χ1) is 9.83. The third kappa shape index (κ3) is 6.58. The first kappa shape index (κ1) is 18.0. The van der Waals surface area contributed by atoms with Gasteiger partial charge in [-0.1, -0.05) is 64.7 Å². The lowest BCUT2D eigenvalue weighted by Gasteiger charge is -2.35. The van der Waals surface area contributed by atoms with Crippen LogP contribution in [0.3, 0.4) is 0 Å². The van der Waals surface area contributed by atoms with Crippen molar-refractivity contribution in [3.8, 4) is 0 Å². The zero-order valence-corrected chi connectivity index (χ0v) is 14.0. The molecule has 0 heterocycles. The van der Waals surface area contributed by atoms with Crippen LogP contribution in [0.5, 0.6) is 0 Å². The molecule has 0 bridgehead atoms. The molecule has 1 fully saturated rings. The smallest absolute Gasteiger partial charge is 0.0496 e. The van der Waals surface area contributed by atoms with Gasteiger partial charge in [-0.25, -0.2) is 0 Å². The molecular weight excluding hydrogens is 248 g/mol. The molecule has 1 aliphatic rings. The molecule has 0 aromatic heterocycles. The molecule has 0 spiro atoms. The molecule has 2 unspecified atom stereocenters. The van der Waals surface area contributed by atoms with Gasteiger partial charge in [-0.15, -0.1) is 0 Å². The Kier molecular flexibility index (Phi) is 10.4. The van der Waals surface area contributed by atoms with Crippen molar-refractivity contribution in [3.05, 3.63) is 0 Å². The van der Waals surface area contributed by atoms with Crippen LogP contribution >= 0.6 is 0 Å². The van der Waals surface area contributed by atoms with E-state index < -0.39 is 0 Å². The Bertz CT molecular complexity index is 211. The Morgan fingerprint density at radius 3 is 2.20 bits per heavy atom. The van der Waals surface area contributed by atoms with Crippen molar-refractivity contribution >= 4 is 0 Å². The molecule has 0 radical (unpaired) electrons. The molecular formula is C18H36O2. The number of methoxy groups -OCH3 is 2. The fraction of sp³-hybridized carbons (Fsp3) is 1.00. The monoisotopic (exact) mass is 284 g/mol. The van der Waals surface area contributed by atoms with Gasteiger partial charge in [0.15, 0.2) is 0 Å². The van der Waals surface area contributed by atoms with E-state index in [2.05, 4.69) is 6.92 Å². The predicted molar refractivity (Wildman–Crippen MR) is 86.1 cm³/mol. The van der Waals surface area contributed by atoms with Gasteiger partial charge >= 0.3 is 0 Å². The first-order valence-electron chi connectivity index (χ1n) is 8.81. The van der Waals surface area contributed by atoms with E-state index in [1.165, 1.54) is 64.2 Å². The van der Waals surface area contributed by atoms with Crippen molar-refractivity contribution < 1.29 is 9.47 Å². The van der Waals surface area contributed by atoms with E-state index in [4.69, 9.17) is 9.47 Å². The van der Waals surface area contributed by atoms with Gasteiger partial charge in [-0.3, -0.25) is 0 Å². The maximum absolute atomic E-state index is 5.56. The molecule has 2 heteroatoms. The zero-order chi connectivity index (χ0) is 14.6. The van der Waals surface area contributed by atoms with Crippen LogP contribution in [0, 0.1) is 17.8 Å². The van der Waals surface area contributed by atoms with E-state index in [1.807, 2.05) is 14.2 Å². The van der Waals surface area contributed by atoms with Crippen molar-refractivity contribution in [3.63, 3.8) is 0 Å². The average Bonchev–Trinajstić information content (AvgIpc) is 2.49. The minimum absolute atomic E-state index is 0.694. The highest BCUT2D eigenvalue weighted by atomic mass is 16.5. The summed E-state index contributed by atoms with van der Waals surface area (Å²) in [5.74, 6) is 2.27. The Labute approximate surface area is 126 Å². The van der Waals surface area contributed by atoms with E-state index in [-0.39, 0.29) is 0 Å². The Balaban J connectivity index is 2.51. The molecule has 120 valence electrons. The van der Waals surface area contributed by atoms with Gasteiger partial charge in [0.25, 0.3) is 0 Å². The van der Waals surface area contributed by atoms with E-state index in [0.717, 1.165) is 19.1 Å². The number of hydrogen-bond acceptors (Lipinski definition) is 2. The first-order valence-corrected chi connectivity index (χ1v) is 8.81. The molecule has 0 aromatic carbocycles. The van der Waals surface area contributed by atoms with Gasteiger partial charge in [-0.2, -0.15) is 0 Å². The highest BCUT2D eigenvalue weighted by molar-refractivity contribution is 4.80. The van der Waals surface area contributed by atoms with E-state index in [9.17, 15) is 0 Å². The van der Waals surface area contributed by atoms with Crippen LogP contribution in [0.25, 0.3) is 0 Å². The number of unbranched alkanes of at least 4 members (excludes halogenated alkanes) is 3. The second-order valence-electron chi connectivity index (χ2n) is 6.58. The summed E-state index contributed by atoms with van der Waals surface area (Å²) in [5, 5.41) is 0. The van der Waals surface area contributed by atoms with Crippen LogP contribution in [0.15, 0.2) is 0 Å². The molecule has 0 aromatic rings. The second-order valence-corrected chi connectivity index (χ2v) is 6.58. The summed E-state index contributed by atoms with van der Waals surface area (Å²) in [4.78, 5) is 0. The van der Waals surface area contributed by atoms with E-state index in [0.29, 0.717) is 11.8 Å². The van der Waals surface area contributed by atoms with Crippen LogP contribution in [-0.2, 0) is 9.47 Å². The van der Waals surface area contributed by atoms with Crippen molar-refractivity contribution in [1.29, 1.82) is 0 Å². The fourth-order valence-corrected chi connectivity index (χ4v) is 3.88. The summed E-state index contributed by atoms with van der Waals surface area (Å²) >= 11 is 0. The van der Waals surface area contributed by atoms with Gasteiger partial charge in [0, 0.05) is 27.4 Å². The SMILES string of the molecule is CCCCCCC(COC)C(COC)C1CCCCC1. The lowest BCUT2D eigenvalue weighted by Crippen LogP contribution is -2.32. The molecule has 1 saturated carbocycles. The summed E-state index contributed by atoms with van der Waals surface area (Å²) < 4.78 is 11.1. The lowest BCUT2D eigenvalue weighted by molar-refractivity contribution is 0.0254. The standard InChI is InChI=1S/C18H36O2/c1-4-5-6-8-13-17(14-19-2)18(15-20-3)16-11-9-7-10-12-16/h16-18H,4-15H2,1-3H3. The summed E-state index contributed by atoms with van der Waals surface area (Å²) in [5.41, 5.74) is 0. The summed E-state index contributed by atoms with van der Waals surface area (Å²) in [6.07, 6.45) is 13.8. The van der Waals surface area contributed by atoms with Crippen molar-refractivity contribution in [1.82, 2.24) is 0 Å². The van der Waals surface area contributed by atoms with E-state index in [1.54, 1.807) is 0 Å². The Hall–Kier alpha value is -0.0800. The minimum Gasteiger partial charge on any atom is -0.384 e. The highest BCUT2D eigenvalue weighted by Crippen LogP contribution is 2.36. The van der Waals surface area contributed by atoms with E-state index >= 15 is 0 Å². The van der Waals surface area contributed by atoms with Crippen LogP contribution in [-0.4, -0.2) is 27.4 Å². The van der Waals surface area contributed by atoms with Crippen LogP contribution in [0.1, 0.15) is 71.1 Å². The maximum atomic E-state index is 5.56. The molecule has 20 heavy (non-hydrogen) atoms. The molecule has 0 saturated heterocycles. The number of ether oxygens (including phenoxy) is 2. The molecule has 2 nitrogen and oxygen atoms in total. The van der Waals surface area contributed by atoms with Crippen LogP contribution < -0.4 is 0 Å². The molecule has 0 amide bonds. The maximum Gasteiger partial charge on any atom is 0.0496 e. The van der Waals surface area contributed by atoms with Crippen molar-refractivity contribution in [2.24, 2.45) is 17.8 Å². The van der Waals surface area contributed by atoms with Gasteiger partial charge < -0.3 is 9.47 Å². The fourth-order valence-electron chi connectivity index (χ4n) is 3.88. The molecule has 2 atom stereocenters. The second kappa shape index (κ2) is 11.6. The highest BCUT2D eigenvalue weighted by Gasteiger charge is 2.30. The predicted octanol–water partition coefficient (Wildman–Crippen LogP) is 5.06. The lowest BCUT2D eigenvalue weighted by atomic mass is 9.73. The zero-order valence-electron chi connectivity index (χ0n) is 14.0. The van der Waals surface area contributed by atoms with Gasteiger partial charge in [0.1, 0.15) is 0 Å². The number of hydrogen-bond donors (Lipinski definition) is 0. The third-order valence-electron chi connectivity index (χ3n) is 5.03.